The Labute approximate surface area is 113 Å². The molecule has 0 saturated heterocycles. The van der Waals surface area contributed by atoms with E-state index in [2.05, 4.69) is 4.98 Å². The molecule has 0 spiro atoms. The molecule has 18 heavy (non-hydrogen) atoms. The van der Waals surface area contributed by atoms with Crippen molar-refractivity contribution in [2.45, 2.75) is 19.4 Å². The highest BCUT2D eigenvalue weighted by Crippen LogP contribution is 2.31. The van der Waals surface area contributed by atoms with Gasteiger partial charge in [0.15, 0.2) is 0 Å². The number of methoxy groups -OCH3 is 1. The fourth-order valence-electron chi connectivity index (χ4n) is 1.45. The van der Waals surface area contributed by atoms with Gasteiger partial charge >= 0.3 is 5.97 Å². The first kappa shape index (κ1) is 13.2. The molecule has 2 rings (SSSR count). The van der Waals surface area contributed by atoms with Crippen LogP contribution in [0.5, 0.6) is 0 Å². The SMILES string of the molecule is COC(C)c1nc(-c2ccc(CC(=O)O)s2)cs1. The molecule has 0 radical (unpaired) electrons. The van der Waals surface area contributed by atoms with Gasteiger partial charge in [0.2, 0.25) is 0 Å². The lowest BCUT2D eigenvalue weighted by atomic mass is 10.3. The Hall–Kier alpha value is -1.24. The molecule has 6 heteroatoms. The van der Waals surface area contributed by atoms with Crippen LogP contribution in [0.15, 0.2) is 17.5 Å². The van der Waals surface area contributed by atoms with Crippen molar-refractivity contribution in [3.8, 4) is 10.6 Å². The second-order valence-corrected chi connectivity index (χ2v) is 5.84. The van der Waals surface area contributed by atoms with Crippen LogP contribution in [0.4, 0.5) is 0 Å². The standard InChI is InChI=1S/C12H13NO3S2/c1-7(16-2)12-13-9(6-17-12)10-4-3-8(18-10)5-11(14)15/h3-4,6-7H,5H2,1-2H3,(H,14,15). The number of aliphatic carboxylic acids is 1. The molecule has 0 saturated carbocycles. The summed E-state index contributed by atoms with van der Waals surface area (Å²) in [5.74, 6) is -0.810. The van der Waals surface area contributed by atoms with Gasteiger partial charge in [0.05, 0.1) is 17.0 Å². The van der Waals surface area contributed by atoms with Crippen molar-refractivity contribution in [1.29, 1.82) is 0 Å². The van der Waals surface area contributed by atoms with Gasteiger partial charge in [-0.15, -0.1) is 22.7 Å². The Kier molecular flexibility index (Phi) is 4.11. The molecule has 0 aliphatic carbocycles. The first-order valence-corrected chi connectivity index (χ1v) is 7.09. The largest absolute Gasteiger partial charge is 0.481 e. The summed E-state index contributed by atoms with van der Waals surface area (Å²) in [5.41, 5.74) is 0.889. The molecule has 0 aromatic carbocycles. The molecule has 0 aliphatic heterocycles. The lowest BCUT2D eigenvalue weighted by molar-refractivity contribution is -0.136. The molecule has 2 heterocycles. The Morgan fingerprint density at radius 1 is 1.56 bits per heavy atom. The van der Waals surface area contributed by atoms with Crippen molar-refractivity contribution in [2.75, 3.05) is 7.11 Å². The molecule has 0 amide bonds. The maximum atomic E-state index is 10.6. The van der Waals surface area contributed by atoms with Crippen molar-refractivity contribution in [3.05, 3.63) is 27.4 Å². The third-order valence-corrected chi connectivity index (χ3v) is 4.58. The Balaban J connectivity index is 2.18. The highest BCUT2D eigenvalue weighted by Gasteiger charge is 2.12. The molecule has 1 N–H and O–H groups in total. The number of carbonyl (C=O) groups is 1. The maximum absolute atomic E-state index is 10.6. The van der Waals surface area contributed by atoms with Crippen molar-refractivity contribution >= 4 is 28.6 Å². The van der Waals surface area contributed by atoms with Gasteiger partial charge in [-0.2, -0.15) is 0 Å². The van der Waals surface area contributed by atoms with Gasteiger partial charge in [-0.25, -0.2) is 4.98 Å². The number of ether oxygens (including phenoxy) is 1. The minimum atomic E-state index is -0.810. The fraction of sp³-hybridized carbons (Fsp3) is 0.333. The first-order valence-electron chi connectivity index (χ1n) is 5.39. The minimum Gasteiger partial charge on any atom is -0.481 e. The van der Waals surface area contributed by atoms with Crippen molar-refractivity contribution in [1.82, 2.24) is 4.98 Å². The molecule has 1 unspecified atom stereocenters. The first-order chi connectivity index (χ1) is 8.60. The Morgan fingerprint density at radius 3 is 3.00 bits per heavy atom. The van der Waals surface area contributed by atoms with Crippen LogP contribution >= 0.6 is 22.7 Å². The number of thiophene rings is 1. The molecular formula is C12H13NO3S2. The molecule has 96 valence electrons. The monoisotopic (exact) mass is 283 g/mol. The highest BCUT2D eigenvalue weighted by molar-refractivity contribution is 7.16. The van der Waals surface area contributed by atoms with Gasteiger partial charge in [-0.1, -0.05) is 0 Å². The molecule has 0 fully saturated rings. The second-order valence-electron chi connectivity index (χ2n) is 3.79. The zero-order chi connectivity index (χ0) is 13.1. The minimum absolute atomic E-state index is 0.0118. The average Bonchev–Trinajstić information content (AvgIpc) is 2.95. The predicted octanol–water partition coefficient (Wildman–Crippen LogP) is 3.21. The van der Waals surface area contributed by atoms with Crippen LogP contribution in [-0.4, -0.2) is 23.2 Å². The number of thiazole rings is 1. The Bertz CT molecular complexity index is 547. The lowest BCUT2D eigenvalue weighted by Crippen LogP contribution is -1.96. The molecule has 4 nitrogen and oxygen atoms in total. The topological polar surface area (TPSA) is 59.4 Å². The highest BCUT2D eigenvalue weighted by atomic mass is 32.1. The van der Waals surface area contributed by atoms with Gasteiger partial charge in [-0.3, -0.25) is 4.79 Å². The summed E-state index contributed by atoms with van der Waals surface area (Å²) >= 11 is 3.02. The summed E-state index contributed by atoms with van der Waals surface area (Å²) in [6.45, 7) is 1.95. The zero-order valence-corrected chi connectivity index (χ0v) is 11.7. The van der Waals surface area contributed by atoms with Crippen molar-refractivity contribution in [3.63, 3.8) is 0 Å². The molecule has 2 aromatic heterocycles. The smallest absolute Gasteiger partial charge is 0.308 e. The van der Waals surface area contributed by atoms with E-state index in [1.807, 2.05) is 24.4 Å². The van der Waals surface area contributed by atoms with Gasteiger partial charge in [0.25, 0.3) is 0 Å². The predicted molar refractivity (Wildman–Crippen MR) is 72.2 cm³/mol. The van der Waals surface area contributed by atoms with Gasteiger partial charge in [0.1, 0.15) is 11.1 Å². The van der Waals surface area contributed by atoms with Crippen LogP contribution < -0.4 is 0 Å². The normalized spacial score (nSPS) is 12.6. The zero-order valence-electron chi connectivity index (χ0n) is 10.0. The third-order valence-electron chi connectivity index (χ3n) is 2.46. The average molecular weight is 283 g/mol. The van der Waals surface area contributed by atoms with Crippen molar-refractivity contribution in [2.24, 2.45) is 0 Å². The summed E-state index contributed by atoms with van der Waals surface area (Å²) in [6, 6.07) is 3.76. The molecule has 0 bridgehead atoms. The molecular weight excluding hydrogens is 270 g/mol. The van der Waals surface area contributed by atoms with Crippen molar-refractivity contribution < 1.29 is 14.6 Å². The van der Waals surface area contributed by atoms with Crippen LogP contribution in [0.25, 0.3) is 10.6 Å². The van der Waals surface area contributed by atoms with Crippen LogP contribution in [-0.2, 0) is 16.0 Å². The van der Waals surface area contributed by atoms with E-state index in [0.29, 0.717) is 0 Å². The number of hydrogen-bond donors (Lipinski definition) is 1. The Morgan fingerprint density at radius 2 is 2.33 bits per heavy atom. The molecule has 2 aromatic rings. The van der Waals surface area contributed by atoms with E-state index in [4.69, 9.17) is 9.84 Å². The van der Waals surface area contributed by atoms with E-state index in [9.17, 15) is 4.79 Å². The van der Waals surface area contributed by atoms with E-state index in [1.54, 1.807) is 18.4 Å². The number of rotatable bonds is 5. The van der Waals surface area contributed by atoms with Gasteiger partial charge in [-0.05, 0) is 19.1 Å². The summed E-state index contributed by atoms with van der Waals surface area (Å²) in [6.07, 6.45) is 0.0538. The van der Waals surface area contributed by atoms with Crippen LogP contribution in [0, 0.1) is 0 Å². The molecule has 0 aliphatic rings. The summed E-state index contributed by atoms with van der Waals surface area (Å²) in [4.78, 5) is 17.0. The van der Waals surface area contributed by atoms with Gasteiger partial charge < -0.3 is 9.84 Å². The molecule has 1 atom stereocenters. The van der Waals surface area contributed by atoms with Crippen LogP contribution in [0.2, 0.25) is 0 Å². The summed E-state index contributed by atoms with van der Waals surface area (Å²) in [5, 5.41) is 11.6. The number of nitrogens with zero attached hydrogens (tertiary/aromatic N) is 1. The van der Waals surface area contributed by atoms with E-state index in [1.165, 1.54) is 11.3 Å². The van der Waals surface area contributed by atoms with Gasteiger partial charge in [0, 0.05) is 17.4 Å². The van der Waals surface area contributed by atoms with E-state index >= 15 is 0 Å². The van der Waals surface area contributed by atoms with E-state index in [-0.39, 0.29) is 12.5 Å². The third kappa shape index (κ3) is 2.95. The number of carboxylic acids is 1. The van der Waals surface area contributed by atoms with Crippen LogP contribution in [0.1, 0.15) is 22.9 Å². The summed E-state index contributed by atoms with van der Waals surface area (Å²) in [7, 11) is 1.65. The number of hydrogen-bond acceptors (Lipinski definition) is 5. The lowest BCUT2D eigenvalue weighted by Gasteiger charge is -2.03. The fourth-order valence-corrected chi connectivity index (χ4v) is 3.33. The number of carboxylic acid groups (broad SMARTS) is 1. The summed E-state index contributed by atoms with van der Waals surface area (Å²) < 4.78 is 5.22. The van der Waals surface area contributed by atoms with E-state index in [0.717, 1.165) is 20.5 Å². The maximum Gasteiger partial charge on any atom is 0.308 e. The van der Waals surface area contributed by atoms with E-state index < -0.39 is 5.97 Å². The second kappa shape index (κ2) is 5.60. The number of aromatic nitrogens is 1. The quantitative estimate of drug-likeness (QED) is 0.915. The van der Waals surface area contributed by atoms with Crippen LogP contribution in [0.3, 0.4) is 0 Å².